The fraction of sp³-hybridized carbons (Fsp3) is 0.700. The maximum Gasteiger partial charge on any atom is 0.119 e. The molecular formula is C10H16N2O. The van der Waals surface area contributed by atoms with Gasteiger partial charge in [-0.25, -0.2) is 0 Å². The van der Waals surface area contributed by atoms with Crippen molar-refractivity contribution in [2.75, 3.05) is 13.2 Å². The Balaban J connectivity index is 2.08. The van der Waals surface area contributed by atoms with E-state index < -0.39 is 6.04 Å². The fourth-order valence-electron chi connectivity index (χ4n) is 1.61. The summed E-state index contributed by atoms with van der Waals surface area (Å²) < 4.78 is 0. The number of hydrogen-bond donors (Lipinski definition) is 2. The topological polar surface area (TPSA) is 56.0 Å². The van der Waals surface area contributed by atoms with Crippen molar-refractivity contribution in [3.05, 3.63) is 12.7 Å². The van der Waals surface area contributed by atoms with Crippen LogP contribution in [0.4, 0.5) is 0 Å². The number of aliphatic hydroxyl groups is 1. The molecule has 0 amide bonds. The summed E-state index contributed by atoms with van der Waals surface area (Å²) in [5.74, 6) is 1.33. The standard InChI is InChI=1S/C10H16N2O/c1-2-8-3-9(4-8)6-12-10(5-11)7-13/h2,8-10,12-13H,1,3-4,6-7H2. The van der Waals surface area contributed by atoms with E-state index in [1.807, 2.05) is 12.1 Å². The minimum atomic E-state index is -0.400. The van der Waals surface area contributed by atoms with Gasteiger partial charge in [0.25, 0.3) is 0 Å². The van der Waals surface area contributed by atoms with Crippen molar-refractivity contribution in [2.24, 2.45) is 11.8 Å². The van der Waals surface area contributed by atoms with Crippen LogP contribution in [0.25, 0.3) is 0 Å². The third-order valence-electron chi connectivity index (χ3n) is 2.60. The number of aliphatic hydroxyl groups excluding tert-OH is 1. The molecule has 1 saturated carbocycles. The molecule has 1 unspecified atom stereocenters. The highest BCUT2D eigenvalue weighted by atomic mass is 16.3. The monoisotopic (exact) mass is 180 g/mol. The molecule has 0 saturated heterocycles. The van der Waals surface area contributed by atoms with E-state index in [0.717, 1.165) is 6.54 Å². The number of nitrogens with zero attached hydrogens (tertiary/aromatic N) is 1. The zero-order chi connectivity index (χ0) is 9.68. The summed E-state index contributed by atoms with van der Waals surface area (Å²) in [5, 5.41) is 20.3. The molecule has 1 atom stereocenters. The van der Waals surface area contributed by atoms with Crippen molar-refractivity contribution >= 4 is 0 Å². The first-order chi connectivity index (χ1) is 6.30. The summed E-state index contributed by atoms with van der Waals surface area (Å²) in [5.41, 5.74) is 0. The van der Waals surface area contributed by atoms with Crippen LogP contribution in [0.15, 0.2) is 12.7 Å². The summed E-state index contributed by atoms with van der Waals surface area (Å²) in [7, 11) is 0. The van der Waals surface area contributed by atoms with Crippen molar-refractivity contribution in [1.82, 2.24) is 5.32 Å². The lowest BCUT2D eigenvalue weighted by Gasteiger charge is -2.33. The average Bonchev–Trinajstić information content (AvgIpc) is 2.09. The molecule has 2 N–H and O–H groups in total. The highest BCUT2D eigenvalue weighted by Gasteiger charge is 2.26. The number of allylic oxidation sites excluding steroid dienone is 1. The molecule has 0 heterocycles. The SMILES string of the molecule is C=CC1CC(CNC(C#N)CO)C1. The van der Waals surface area contributed by atoms with Gasteiger partial charge in [-0.1, -0.05) is 6.08 Å². The van der Waals surface area contributed by atoms with Gasteiger partial charge in [-0.3, -0.25) is 5.32 Å². The molecule has 0 aliphatic heterocycles. The Morgan fingerprint density at radius 1 is 1.69 bits per heavy atom. The zero-order valence-corrected chi connectivity index (χ0v) is 7.74. The third kappa shape index (κ3) is 2.83. The fourth-order valence-corrected chi connectivity index (χ4v) is 1.61. The van der Waals surface area contributed by atoms with Gasteiger partial charge in [0.2, 0.25) is 0 Å². The number of hydrogen-bond acceptors (Lipinski definition) is 3. The maximum absolute atomic E-state index is 8.73. The number of nitrogens with one attached hydrogen (secondary N) is 1. The van der Waals surface area contributed by atoms with Crippen LogP contribution < -0.4 is 5.32 Å². The first kappa shape index (κ1) is 10.2. The molecule has 72 valence electrons. The van der Waals surface area contributed by atoms with Crippen molar-refractivity contribution in [2.45, 2.75) is 18.9 Å². The van der Waals surface area contributed by atoms with Crippen LogP contribution in [0.5, 0.6) is 0 Å². The quantitative estimate of drug-likeness (QED) is 0.611. The van der Waals surface area contributed by atoms with Gasteiger partial charge in [0.15, 0.2) is 0 Å². The third-order valence-corrected chi connectivity index (χ3v) is 2.60. The lowest BCUT2D eigenvalue weighted by Crippen LogP contribution is -2.38. The number of rotatable bonds is 5. The van der Waals surface area contributed by atoms with Crippen LogP contribution in [-0.4, -0.2) is 24.3 Å². The zero-order valence-electron chi connectivity index (χ0n) is 7.74. The van der Waals surface area contributed by atoms with Gasteiger partial charge < -0.3 is 5.11 Å². The van der Waals surface area contributed by atoms with Gasteiger partial charge in [-0.15, -0.1) is 6.58 Å². The molecule has 0 radical (unpaired) electrons. The first-order valence-electron chi connectivity index (χ1n) is 4.66. The molecule has 0 aromatic rings. The lowest BCUT2D eigenvalue weighted by atomic mass is 9.75. The highest BCUT2D eigenvalue weighted by Crippen LogP contribution is 2.33. The summed E-state index contributed by atoms with van der Waals surface area (Å²) in [6.45, 7) is 4.47. The smallest absolute Gasteiger partial charge is 0.119 e. The van der Waals surface area contributed by atoms with Crippen LogP contribution in [0.2, 0.25) is 0 Å². The minimum absolute atomic E-state index is 0.103. The molecule has 1 aliphatic carbocycles. The Hall–Kier alpha value is -0.850. The molecule has 13 heavy (non-hydrogen) atoms. The van der Waals surface area contributed by atoms with E-state index in [4.69, 9.17) is 10.4 Å². The first-order valence-corrected chi connectivity index (χ1v) is 4.66. The van der Waals surface area contributed by atoms with Gasteiger partial charge in [0.05, 0.1) is 12.7 Å². The molecule has 3 nitrogen and oxygen atoms in total. The van der Waals surface area contributed by atoms with Crippen LogP contribution in [0, 0.1) is 23.2 Å². The predicted molar refractivity (Wildman–Crippen MR) is 50.9 cm³/mol. The normalized spacial score (nSPS) is 28.6. The largest absolute Gasteiger partial charge is 0.394 e. The molecular weight excluding hydrogens is 164 g/mol. The van der Waals surface area contributed by atoms with Crippen molar-refractivity contribution in [3.63, 3.8) is 0 Å². The molecule has 0 spiro atoms. The van der Waals surface area contributed by atoms with Gasteiger partial charge in [0.1, 0.15) is 6.04 Å². The van der Waals surface area contributed by atoms with Crippen molar-refractivity contribution in [1.29, 1.82) is 5.26 Å². The highest BCUT2D eigenvalue weighted by molar-refractivity contribution is 4.94. The van der Waals surface area contributed by atoms with Crippen molar-refractivity contribution < 1.29 is 5.11 Å². The van der Waals surface area contributed by atoms with E-state index >= 15 is 0 Å². The number of nitriles is 1. The van der Waals surface area contributed by atoms with E-state index in [1.54, 1.807) is 0 Å². The molecule has 1 fully saturated rings. The molecule has 1 rings (SSSR count). The Labute approximate surface area is 79.1 Å². The van der Waals surface area contributed by atoms with E-state index in [9.17, 15) is 0 Å². The van der Waals surface area contributed by atoms with Crippen LogP contribution in [-0.2, 0) is 0 Å². The summed E-state index contributed by atoms with van der Waals surface area (Å²) in [4.78, 5) is 0. The van der Waals surface area contributed by atoms with Gasteiger partial charge in [-0.05, 0) is 31.2 Å². The summed E-state index contributed by atoms with van der Waals surface area (Å²) >= 11 is 0. The van der Waals surface area contributed by atoms with E-state index in [0.29, 0.717) is 11.8 Å². The van der Waals surface area contributed by atoms with Gasteiger partial charge in [0, 0.05) is 0 Å². The Morgan fingerprint density at radius 3 is 2.85 bits per heavy atom. The average molecular weight is 180 g/mol. The maximum atomic E-state index is 8.73. The Bertz CT molecular complexity index is 203. The predicted octanol–water partition coefficient (Wildman–Crippen LogP) is 0.673. The Morgan fingerprint density at radius 2 is 2.38 bits per heavy atom. The Kier molecular flexibility index (Phi) is 3.94. The van der Waals surface area contributed by atoms with Crippen molar-refractivity contribution in [3.8, 4) is 6.07 Å². The second kappa shape index (κ2) is 5.00. The summed E-state index contributed by atoms with van der Waals surface area (Å²) in [6, 6.07) is 1.60. The van der Waals surface area contributed by atoms with Crippen LogP contribution in [0.1, 0.15) is 12.8 Å². The van der Waals surface area contributed by atoms with E-state index in [1.165, 1.54) is 12.8 Å². The van der Waals surface area contributed by atoms with Gasteiger partial charge >= 0.3 is 0 Å². The molecule has 3 heteroatoms. The van der Waals surface area contributed by atoms with E-state index in [2.05, 4.69) is 11.9 Å². The summed E-state index contributed by atoms with van der Waals surface area (Å²) in [6.07, 6.45) is 4.32. The molecule has 0 aromatic carbocycles. The van der Waals surface area contributed by atoms with Crippen LogP contribution >= 0.6 is 0 Å². The lowest BCUT2D eigenvalue weighted by molar-refractivity contribution is 0.211. The molecule has 0 bridgehead atoms. The van der Waals surface area contributed by atoms with Gasteiger partial charge in [-0.2, -0.15) is 5.26 Å². The molecule has 1 aliphatic rings. The molecule has 0 aromatic heterocycles. The second-order valence-corrected chi connectivity index (χ2v) is 3.61. The van der Waals surface area contributed by atoms with E-state index in [-0.39, 0.29) is 6.61 Å². The van der Waals surface area contributed by atoms with Crippen LogP contribution in [0.3, 0.4) is 0 Å². The second-order valence-electron chi connectivity index (χ2n) is 3.61. The minimum Gasteiger partial charge on any atom is -0.394 e.